The van der Waals surface area contributed by atoms with Gasteiger partial charge in [0.05, 0.1) is 61.8 Å². The number of rotatable bonds is 10. The minimum atomic E-state index is -0.743. The summed E-state index contributed by atoms with van der Waals surface area (Å²) in [6.45, 7) is 5.75. The standard InChI is InChI=1S/C40H45N9O7/c1-20(2)35(47-40(53)55-5)38(51)43-18-33-41-16-28(45-33)22-8-11-30-25(12-22)14-31-27-10-7-23(15-32(27)56-21(3)48(30)31)29-17-42-37(46-29)36-24-6-9-26(13-24)49(36)34(50)19-44-39(52)54-4/h7-8,10-12,14-17,20-21,24,26,35-36H,6,9,13,18-19H2,1-5H3,(H,41,45)(H,42,46)(H,43,51)(H,44,52)(H,47,53). The Hall–Kier alpha value is -6.32. The molecule has 2 aromatic carbocycles. The first kappa shape index (κ1) is 36.6. The molecule has 16 heteroatoms. The Morgan fingerprint density at radius 1 is 0.929 bits per heavy atom. The molecule has 5 N–H and O–H groups in total. The Balaban J connectivity index is 0.992. The largest absolute Gasteiger partial charge is 0.470 e. The van der Waals surface area contributed by atoms with Crippen LogP contribution in [0, 0.1) is 11.8 Å². The fourth-order valence-electron chi connectivity index (χ4n) is 8.48. The Morgan fingerprint density at radius 3 is 2.46 bits per heavy atom. The molecular formula is C40H45N9O7. The molecule has 0 radical (unpaired) electrons. The summed E-state index contributed by atoms with van der Waals surface area (Å²) < 4.78 is 18.0. The number of fused-ring (bicyclic) bond motifs is 7. The Bertz CT molecular complexity index is 2330. The van der Waals surface area contributed by atoms with E-state index in [0.717, 1.165) is 75.5 Å². The van der Waals surface area contributed by atoms with Crippen LogP contribution in [0.3, 0.4) is 0 Å². The van der Waals surface area contributed by atoms with Crippen molar-refractivity contribution < 1.29 is 33.4 Å². The molecule has 5 unspecified atom stereocenters. The summed E-state index contributed by atoms with van der Waals surface area (Å²) >= 11 is 0. The number of nitrogens with one attached hydrogen (secondary N) is 5. The predicted molar refractivity (Wildman–Crippen MR) is 205 cm³/mol. The number of H-pyrrole nitrogens is 2. The van der Waals surface area contributed by atoms with Crippen molar-refractivity contribution in [2.24, 2.45) is 11.8 Å². The van der Waals surface area contributed by atoms with E-state index in [1.165, 1.54) is 14.2 Å². The van der Waals surface area contributed by atoms with Crippen molar-refractivity contribution in [3.63, 3.8) is 0 Å². The topological polar surface area (TPSA) is 198 Å². The molecule has 2 aliphatic heterocycles. The van der Waals surface area contributed by atoms with Crippen molar-refractivity contribution >= 4 is 34.9 Å². The number of ether oxygens (including phenoxy) is 3. The zero-order valence-corrected chi connectivity index (χ0v) is 31.8. The molecule has 16 nitrogen and oxygen atoms in total. The highest BCUT2D eigenvalue weighted by Gasteiger charge is 2.49. The van der Waals surface area contributed by atoms with Gasteiger partial charge in [-0.3, -0.25) is 9.59 Å². The number of benzene rings is 2. The van der Waals surface area contributed by atoms with E-state index >= 15 is 0 Å². The van der Waals surface area contributed by atoms with Crippen molar-refractivity contribution in [2.75, 3.05) is 20.8 Å². The van der Waals surface area contributed by atoms with Crippen LogP contribution >= 0.6 is 0 Å². The smallest absolute Gasteiger partial charge is 0.407 e. The highest BCUT2D eigenvalue weighted by molar-refractivity contribution is 5.92. The van der Waals surface area contributed by atoms with Crippen LogP contribution in [0.1, 0.15) is 64.0 Å². The molecule has 0 spiro atoms. The number of likely N-dealkylation sites (tertiary alicyclic amines) is 1. The number of imidazole rings is 2. The van der Waals surface area contributed by atoms with Crippen molar-refractivity contribution in [1.82, 2.24) is 45.4 Å². The normalized spacial score (nSPS) is 19.9. The van der Waals surface area contributed by atoms with Crippen LogP contribution in [0.5, 0.6) is 5.75 Å². The zero-order valence-electron chi connectivity index (χ0n) is 31.8. The minimum absolute atomic E-state index is 0.123. The monoisotopic (exact) mass is 763 g/mol. The molecule has 8 rings (SSSR count). The van der Waals surface area contributed by atoms with E-state index in [2.05, 4.69) is 69.2 Å². The van der Waals surface area contributed by atoms with Gasteiger partial charge in [-0.2, -0.15) is 0 Å². The van der Waals surface area contributed by atoms with Crippen LogP contribution in [0.4, 0.5) is 9.59 Å². The molecule has 1 aliphatic carbocycles. The highest BCUT2D eigenvalue weighted by atomic mass is 16.5. The Kier molecular flexibility index (Phi) is 9.64. The van der Waals surface area contributed by atoms with Crippen LogP contribution in [-0.2, 0) is 25.6 Å². The number of alkyl carbamates (subject to hydrolysis) is 2. The molecule has 56 heavy (non-hydrogen) atoms. The first-order valence-electron chi connectivity index (χ1n) is 18.8. The molecule has 3 aliphatic rings. The van der Waals surface area contributed by atoms with Crippen molar-refractivity contribution in [3.8, 4) is 39.5 Å². The van der Waals surface area contributed by atoms with E-state index in [-0.39, 0.29) is 49.1 Å². The maximum atomic E-state index is 13.2. The summed E-state index contributed by atoms with van der Waals surface area (Å²) in [6.07, 6.45) is 4.87. The molecule has 5 atom stereocenters. The molecule has 292 valence electrons. The number of methoxy groups -OCH3 is 2. The number of nitrogens with zero attached hydrogens (tertiary/aromatic N) is 4. The third-order valence-corrected chi connectivity index (χ3v) is 11.2. The van der Waals surface area contributed by atoms with E-state index in [4.69, 9.17) is 9.72 Å². The number of piperidine rings is 1. The summed E-state index contributed by atoms with van der Waals surface area (Å²) in [5, 5.41) is 8.98. The van der Waals surface area contributed by atoms with Gasteiger partial charge in [-0.05, 0) is 68.4 Å². The number of hydrogen-bond acceptors (Lipinski definition) is 9. The second-order valence-electron chi connectivity index (χ2n) is 14.9. The predicted octanol–water partition coefficient (Wildman–Crippen LogP) is 5.40. The third-order valence-electron chi connectivity index (χ3n) is 11.2. The fraction of sp³-hybridized carbons (Fsp3) is 0.400. The average molecular weight is 764 g/mol. The second kappa shape index (κ2) is 14.7. The summed E-state index contributed by atoms with van der Waals surface area (Å²) in [7, 11) is 2.53. The van der Waals surface area contributed by atoms with Crippen molar-refractivity contribution in [3.05, 3.63) is 66.5 Å². The van der Waals surface area contributed by atoms with Crippen LogP contribution in [-0.4, -0.2) is 86.3 Å². The molecule has 5 heterocycles. The quantitative estimate of drug-likeness (QED) is 0.124. The fourth-order valence-corrected chi connectivity index (χ4v) is 8.48. The van der Waals surface area contributed by atoms with E-state index in [1.54, 1.807) is 6.20 Å². The SMILES string of the molecule is COC(=O)NCC(=O)N1C2CCC(C2)C1c1ncc(-c2ccc3c(c2)OC(C)n2c-3cc3cc(-c4cnc(CNC(=O)C(NC(=O)OC)C(C)C)[nH]4)ccc32)[nH]1. The summed E-state index contributed by atoms with van der Waals surface area (Å²) in [6, 6.07) is 13.7. The molecule has 2 fully saturated rings. The zero-order chi connectivity index (χ0) is 39.2. The lowest BCUT2D eigenvalue weighted by Gasteiger charge is -2.34. The van der Waals surface area contributed by atoms with Gasteiger partial charge in [0.15, 0.2) is 6.23 Å². The van der Waals surface area contributed by atoms with E-state index < -0.39 is 18.2 Å². The second-order valence-corrected chi connectivity index (χ2v) is 14.9. The van der Waals surface area contributed by atoms with Gasteiger partial charge < -0.3 is 49.6 Å². The molecule has 3 aromatic heterocycles. The van der Waals surface area contributed by atoms with Gasteiger partial charge in [0.25, 0.3) is 0 Å². The van der Waals surface area contributed by atoms with Crippen LogP contribution < -0.4 is 20.7 Å². The average Bonchev–Trinajstić information content (AvgIpc) is 4.05. The highest BCUT2D eigenvalue weighted by Crippen LogP contribution is 2.50. The molecule has 4 amide bonds. The molecule has 5 aromatic rings. The van der Waals surface area contributed by atoms with Gasteiger partial charge in [0.1, 0.15) is 30.0 Å². The van der Waals surface area contributed by atoms with Crippen LogP contribution in [0.15, 0.2) is 54.9 Å². The van der Waals surface area contributed by atoms with Gasteiger partial charge in [-0.1, -0.05) is 26.0 Å². The Labute approximate surface area is 322 Å². The molecule has 1 saturated heterocycles. The number of hydrogen-bond donors (Lipinski definition) is 5. The third kappa shape index (κ3) is 6.68. The first-order valence-corrected chi connectivity index (χ1v) is 18.8. The van der Waals surface area contributed by atoms with Gasteiger partial charge in [0.2, 0.25) is 11.8 Å². The number of amides is 4. The van der Waals surface area contributed by atoms with Crippen LogP contribution in [0.2, 0.25) is 0 Å². The molecule has 1 saturated carbocycles. The van der Waals surface area contributed by atoms with E-state index in [0.29, 0.717) is 11.7 Å². The maximum absolute atomic E-state index is 13.2. The Morgan fingerprint density at radius 2 is 1.68 bits per heavy atom. The summed E-state index contributed by atoms with van der Waals surface area (Å²) in [4.78, 5) is 67.3. The lowest BCUT2D eigenvalue weighted by Crippen LogP contribution is -2.49. The van der Waals surface area contributed by atoms with Gasteiger partial charge >= 0.3 is 12.2 Å². The summed E-state index contributed by atoms with van der Waals surface area (Å²) in [5.74, 6) is 1.77. The van der Waals surface area contributed by atoms with E-state index in [9.17, 15) is 19.2 Å². The van der Waals surface area contributed by atoms with Gasteiger partial charge in [0, 0.05) is 28.1 Å². The van der Waals surface area contributed by atoms with Crippen molar-refractivity contribution in [2.45, 2.75) is 70.9 Å². The van der Waals surface area contributed by atoms with E-state index in [1.807, 2.05) is 50.1 Å². The number of carbonyl (C=O) groups excluding carboxylic acids is 4. The molecule has 2 bridgehead atoms. The van der Waals surface area contributed by atoms with Crippen LogP contribution in [0.25, 0.3) is 44.7 Å². The molecular weight excluding hydrogens is 718 g/mol. The van der Waals surface area contributed by atoms with Crippen molar-refractivity contribution in [1.29, 1.82) is 0 Å². The number of carbonyl (C=O) groups is 4. The lowest BCUT2D eigenvalue weighted by molar-refractivity contribution is -0.134. The van der Waals surface area contributed by atoms with Gasteiger partial charge in [-0.15, -0.1) is 0 Å². The number of aromatic amines is 2. The summed E-state index contributed by atoms with van der Waals surface area (Å²) in [5.41, 5.74) is 6.52. The minimum Gasteiger partial charge on any atom is -0.470 e. The maximum Gasteiger partial charge on any atom is 0.407 e. The first-order chi connectivity index (χ1) is 27.0. The number of aromatic nitrogens is 5. The lowest BCUT2D eigenvalue weighted by atomic mass is 9.98. The van der Waals surface area contributed by atoms with Gasteiger partial charge in [-0.25, -0.2) is 19.6 Å².